The molecule has 2 rings (SSSR count). The highest BCUT2D eigenvalue weighted by Crippen LogP contribution is 2.39. The van der Waals surface area contributed by atoms with Gasteiger partial charge in [0.25, 0.3) is 0 Å². The first kappa shape index (κ1) is 11.4. The van der Waals surface area contributed by atoms with E-state index in [9.17, 15) is 0 Å². The third-order valence-corrected chi connectivity index (χ3v) is 3.81. The Morgan fingerprint density at radius 1 is 1.00 bits per heavy atom. The zero-order chi connectivity index (χ0) is 10.8. The van der Waals surface area contributed by atoms with Gasteiger partial charge in [-0.1, -0.05) is 0 Å². The summed E-state index contributed by atoms with van der Waals surface area (Å²) in [7, 11) is 0. The number of hydrogen-bond donors (Lipinski definition) is 0. The van der Waals surface area contributed by atoms with E-state index in [0.717, 1.165) is 12.8 Å². The van der Waals surface area contributed by atoms with Crippen molar-refractivity contribution in [3.63, 3.8) is 0 Å². The molecule has 1 aliphatic rings. The first-order valence-electron chi connectivity index (χ1n) is 4.72. The normalized spacial score (nSPS) is 36.5. The second-order valence-corrected chi connectivity index (χ2v) is 5.36. The Labute approximate surface area is 103 Å². The fraction of sp³-hybridized carbons (Fsp3) is 0.667. The molecule has 2 atom stereocenters. The predicted octanol–water partition coefficient (Wildman–Crippen LogP) is 2.57. The summed E-state index contributed by atoms with van der Waals surface area (Å²) in [5, 5.41) is -0.162. The minimum Gasteiger partial charge on any atom is -0.225 e. The Bertz CT molecular complexity index is 310. The molecule has 6 heteroatoms. The van der Waals surface area contributed by atoms with Crippen LogP contribution in [0.15, 0.2) is 12.7 Å². The monoisotopic (exact) mass is 265 g/mol. The summed E-state index contributed by atoms with van der Waals surface area (Å²) in [4.78, 5) is 12.0. The standard InChI is InChI=1S/C9H10Cl3N3/c10-5-1-6(11)8(7(12)2-5)9-14-3-13-4-15-9/h3-8H,1-2H2. The highest BCUT2D eigenvalue weighted by molar-refractivity contribution is 6.27. The summed E-state index contributed by atoms with van der Waals surface area (Å²) < 4.78 is 0. The molecule has 82 valence electrons. The largest absolute Gasteiger partial charge is 0.225 e. The van der Waals surface area contributed by atoms with Crippen LogP contribution in [0.2, 0.25) is 0 Å². The van der Waals surface area contributed by atoms with Crippen LogP contribution >= 0.6 is 34.8 Å². The smallest absolute Gasteiger partial charge is 0.137 e. The van der Waals surface area contributed by atoms with Gasteiger partial charge in [0.1, 0.15) is 18.5 Å². The van der Waals surface area contributed by atoms with Crippen molar-refractivity contribution in [1.82, 2.24) is 15.0 Å². The fourth-order valence-corrected chi connectivity index (χ4v) is 3.50. The van der Waals surface area contributed by atoms with Crippen molar-refractivity contribution < 1.29 is 0 Å². The third kappa shape index (κ3) is 2.52. The van der Waals surface area contributed by atoms with Crippen molar-refractivity contribution in [3.8, 4) is 0 Å². The molecule has 1 aliphatic carbocycles. The van der Waals surface area contributed by atoms with Gasteiger partial charge in [0, 0.05) is 16.1 Å². The van der Waals surface area contributed by atoms with Crippen LogP contribution in [-0.2, 0) is 0 Å². The summed E-state index contributed by atoms with van der Waals surface area (Å²) in [6.07, 6.45) is 4.40. The van der Waals surface area contributed by atoms with Crippen LogP contribution in [0.4, 0.5) is 0 Å². The Kier molecular flexibility index (Phi) is 3.65. The van der Waals surface area contributed by atoms with Crippen molar-refractivity contribution in [2.45, 2.75) is 34.9 Å². The van der Waals surface area contributed by atoms with Crippen LogP contribution < -0.4 is 0 Å². The average Bonchev–Trinajstić information content (AvgIpc) is 2.17. The molecule has 2 unspecified atom stereocenters. The lowest BCUT2D eigenvalue weighted by molar-refractivity contribution is 0.446. The molecule has 0 aliphatic heterocycles. The lowest BCUT2D eigenvalue weighted by Gasteiger charge is -2.32. The van der Waals surface area contributed by atoms with Crippen LogP contribution in [0.25, 0.3) is 0 Å². The van der Waals surface area contributed by atoms with E-state index in [1.807, 2.05) is 0 Å². The van der Waals surface area contributed by atoms with Crippen molar-refractivity contribution in [1.29, 1.82) is 0 Å². The maximum atomic E-state index is 6.24. The molecule has 1 saturated carbocycles. The molecule has 1 fully saturated rings. The van der Waals surface area contributed by atoms with Crippen LogP contribution in [0.3, 0.4) is 0 Å². The molecular weight excluding hydrogens is 256 g/mol. The minimum absolute atomic E-state index is 0.0358. The van der Waals surface area contributed by atoms with E-state index in [-0.39, 0.29) is 22.0 Å². The molecule has 0 N–H and O–H groups in total. The molecule has 1 heterocycles. The maximum absolute atomic E-state index is 6.24. The summed E-state index contributed by atoms with van der Waals surface area (Å²) >= 11 is 18.5. The number of alkyl halides is 3. The van der Waals surface area contributed by atoms with Gasteiger partial charge >= 0.3 is 0 Å². The van der Waals surface area contributed by atoms with Gasteiger partial charge < -0.3 is 0 Å². The topological polar surface area (TPSA) is 38.7 Å². The van der Waals surface area contributed by atoms with Crippen LogP contribution in [0.1, 0.15) is 24.6 Å². The minimum atomic E-state index is -0.105. The van der Waals surface area contributed by atoms with E-state index in [0.29, 0.717) is 5.82 Å². The molecular formula is C9H10Cl3N3. The molecule has 1 aromatic rings. The lowest BCUT2D eigenvalue weighted by atomic mass is 9.87. The van der Waals surface area contributed by atoms with Gasteiger partial charge in [-0.15, -0.1) is 34.8 Å². The highest BCUT2D eigenvalue weighted by Gasteiger charge is 2.37. The van der Waals surface area contributed by atoms with Crippen molar-refractivity contribution in [3.05, 3.63) is 18.5 Å². The Balaban J connectivity index is 2.21. The van der Waals surface area contributed by atoms with Crippen molar-refractivity contribution >= 4 is 34.8 Å². The van der Waals surface area contributed by atoms with Gasteiger partial charge in [0.05, 0.1) is 5.92 Å². The van der Waals surface area contributed by atoms with Crippen LogP contribution in [0, 0.1) is 0 Å². The molecule has 3 nitrogen and oxygen atoms in total. The Morgan fingerprint density at radius 3 is 2.07 bits per heavy atom. The summed E-state index contributed by atoms with van der Waals surface area (Å²) in [5.74, 6) is 0.625. The van der Waals surface area contributed by atoms with Crippen LogP contribution in [-0.4, -0.2) is 31.1 Å². The fourth-order valence-electron chi connectivity index (χ4n) is 1.85. The van der Waals surface area contributed by atoms with E-state index in [2.05, 4.69) is 15.0 Å². The molecule has 0 saturated heterocycles. The Morgan fingerprint density at radius 2 is 1.53 bits per heavy atom. The maximum Gasteiger partial charge on any atom is 0.137 e. The van der Waals surface area contributed by atoms with Gasteiger partial charge in [-0.2, -0.15) is 0 Å². The zero-order valence-electron chi connectivity index (χ0n) is 7.85. The lowest BCUT2D eigenvalue weighted by Crippen LogP contribution is -2.34. The molecule has 0 spiro atoms. The summed E-state index contributed by atoms with van der Waals surface area (Å²) in [6, 6.07) is 0. The van der Waals surface area contributed by atoms with Gasteiger partial charge in [0.15, 0.2) is 0 Å². The van der Waals surface area contributed by atoms with E-state index in [1.54, 1.807) is 0 Å². The van der Waals surface area contributed by atoms with E-state index in [4.69, 9.17) is 34.8 Å². The number of aromatic nitrogens is 3. The quantitative estimate of drug-likeness (QED) is 0.733. The second-order valence-electron chi connectivity index (χ2n) is 3.62. The first-order chi connectivity index (χ1) is 7.18. The SMILES string of the molecule is ClC1CC(Cl)C(c2ncncn2)C(Cl)C1. The highest BCUT2D eigenvalue weighted by atomic mass is 35.5. The van der Waals surface area contributed by atoms with E-state index in [1.165, 1.54) is 12.7 Å². The molecule has 0 radical (unpaired) electrons. The van der Waals surface area contributed by atoms with Crippen LogP contribution in [0.5, 0.6) is 0 Å². The summed E-state index contributed by atoms with van der Waals surface area (Å²) in [6.45, 7) is 0. The molecule has 0 aromatic carbocycles. The number of nitrogens with zero attached hydrogens (tertiary/aromatic N) is 3. The number of hydrogen-bond acceptors (Lipinski definition) is 3. The van der Waals surface area contributed by atoms with Gasteiger partial charge in [-0.3, -0.25) is 0 Å². The predicted molar refractivity (Wildman–Crippen MR) is 60.7 cm³/mol. The first-order valence-corrected chi connectivity index (χ1v) is 6.03. The van der Waals surface area contributed by atoms with Gasteiger partial charge in [0.2, 0.25) is 0 Å². The van der Waals surface area contributed by atoms with Gasteiger partial charge in [-0.05, 0) is 12.8 Å². The van der Waals surface area contributed by atoms with E-state index < -0.39 is 0 Å². The van der Waals surface area contributed by atoms with Crippen molar-refractivity contribution in [2.75, 3.05) is 0 Å². The molecule has 0 bridgehead atoms. The molecule has 15 heavy (non-hydrogen) atoms. The van der Waals surface area contributed by atoms with E-state index >= 15 is 0 Å². The summed E-state index contributed by atoms with van der Waals surface area (Å²) in [5.41, 5.74) is 0. The van der Waals surface area contributed by atoms with Gasteiger partial charge in [-0.25, -0.2) is 15.0 Å². The molecule has 0 amide bonds. The average molecular weight is 267 g/mol. The third-order valence-electron chi connectivity index (χ3n) is 2.55. The Hall–Kier alpha value is -0.120. The second kappa shape index (κ2) is 4.81. The van der Waals surface area contributed by atoms with Crippen molar-refractivity contribution in [2.24, 2.45) is 0 Å². The zero-order valence-corrected chi connectivity index (χ0v) is 10.1. The molecule has 1 aromatic heterocycles. The number of halogens is 3. The number of rotatable bonds is 1.